The van der Waals surface area contributed by atoms with Crippen LogP contribution in [-0.2, 0) is 4.79 Å². The number of rotatable bonds is 8. The Hall–Kier alpha value is -0.190. The van der Waals surface area contributed by atoms with Gasteiger partial charge in [-0.1, -0.05) is 24.0 Å². The van der Waals surface area contributed by atoms with Gasteiger partial charge in [-0.25, -0.2) is 10.4 Å². The third-order valence-electron chi connectivity index (χ3n) is 1.99. The fraction of sp³-hybridized carbons (Fsp3) is 0.667. The van der Waals surface area contributed by atoms with Crippen LogP contribution in [0.1, 0.15) is 19.8 Å². The zero-order chi connectivity index (χ0) is 14.2. The highest BCUT2D eigenvalue weighted by molar-refractivity contribution is 8.47. The summed E-state index contributed by atoms with van der Waals surface area (Å²) in [5, 5.41) is 33.9. The molecule has 4 N–H and O–H groups in total. The van der Waals surface area contributed by atoms with Gasteiger partial charge in [0.2, 0.25) is 0 Å². The van der Waals surface area contributed by atoms with Crippen LogP contribution in [0.25, 0.3) is 0 Å². The van der Waals surface area contributed by atoms with Gasteiger partial charge in [-0.2, -0.15) is 0 Å². The summed E-state index contributed by atoms with van der Waals surface area (Å²) in [5.74, 6) is -0.526. The van der Waals surface area contributed by atoms with Gasteiger partial charge in [0, 0.05) is 12.6 Å². The first kappa shape index (κ1) is 17.8. The van der Waals surface area contributed by atoms with Crippen molar-refractivity contribution >= 4 is 51.5 Å². The standard InChI is InChI=1S/C9H16N2O4S3/c1-9(6-10,3-2-7(12)13)18-8(16)17-5-4-11(14)15/h6,10-11,14H,2-5H2,1H3,(H,12,13). The molecular formula is C9H16N2O4S3. The van der Waals surface area contributed by atoms with Crippen LogP contribution >= 0.6 is 35.7 Å². The Morgan fingerprint density at radius 2 is 2.28 bits per heavy atom. The van der Waals surface area contributed by atoms with Gasteiger partial charge in [-0.3, -0.25) is 4.79 Å². The molecule has 0 fully saturated rings. The number of quaternary nitrogens is 1. The summed E-state index contributed by atoms with van der Waals surface area (Å²) in [6.07, 6.45) is 1.47. The Balaban J connectivity index is 4.13. The summed E-state index contributed by atoms with van der Waals surface area (Å²) >= 11 is 7.56. The van der Waals surface area contributed by atoms with Gasteiger partial charge < -0.3 is 15.7 Å². The number of aliphatic carboxylic acids is 1. The number of thiocarbonyl (C=S) groups is 1. The summed E-state index contributed by atoms with van der Waals surface area (Å²) in [7, 11) is 0. The Kier molecular flexibility index (Phi) is 8.74. The molecule has 0 rings (SSSR count). The minimum atomic E-state index is -0.909. The van der Waals surface area contributed by atoms with Crippen molar-refractivity contribution < 1.29 is 20.3 Å². The van der Waals surface area contributed by atoms with Crippen molar-refractivity contribution in [1.29, 1.82) is 5.41 Å². The first-order valence-electron chi connectivity index (χ1n) is 5.10. The van der Waals surface area contributed by atoms with Crippen molar-refractivity contribution in [1.82, 2.24) is 0 Å². The molecule has 0 saturated carbocycles. The second kappa shape index (κ2) is 8.83. The molecule has 0 aromatic carbocycles. The molecule has 9 heteroatoms. The number of carboxylic acid groups (broad SMARTS) is 1. The van der Waals surface area contributed by atoms with E-state index < -0.39 is 15.9 Å². The third kappa shape index (κ3) is 8.84. The Bertz CT molecular complexity index is 314. The molecule has 104 valence electrons. The molecule has 6 nitrogen and oxygen atoms in total. The van der Waals surface area contributed by atoms with E-state index in [0.717, 1.165) is 0 Å². The van der Waals surface area contributed by atoms with Crippen LogP contribution in [0.5, 0.6) is 0 Å². The van der Waals surface area contributed by atoms with Gasteiger partial charge in [0.15, 0.2) is 0 Å². The predicted molar refractivity (Wildman–Crippen MR) is 77.7 cm³/mol. The van der Waals surface area contributed by atoms with Crippen molar-refractivity contribution in [3.8, 4) is 0 Å². The van der Waals surface area contributed by atoms with Crippen molar-refractivity contribution in [2.45, 2.75) is 24.5 Å². The minimum absolute atomic E-state index is 0.0265. The molecule has 0 bridgehead atoms. The normalized spacial score (nSPS) is 15.7. The molecule has 0 spiro atoms. The molecule has 0 aromatic rings. The lowest BCUT2D eigenvalue weighted by Crippen LogP contribution is -3.05. The first-order chi connectivity index (χ1) is 8.29. The molecule has 0 aliphatic rings. The highest BCUT2D eigenvalue weighted by atomic mass is 32.2. The van der Waals surface area contributed by atoms with Crippen LogP contribution in [0.2, 0.25) is 0 Å². The van der Waals surface area contributed by atoms with E-state index in [4.69, 9.17) is 27.9 Å². The lowest BCUT2D eigenvalue weighted by molar-refractivity contribution is -1.04. The second-order valence-corrected chi connectivity index (χ2v) is 7.53. The molecule has 0 amide bonds. The highest BCUT2D eigenvalue weighted by Gasteiger charge is 2.25. The van der Waals surface area contributed by atoms with Gasteiger partial charge >= 0.3 is 5.97 Å². The Morgan fingerprint density at radius 3 is 2.72 bits per heavy atom. The van der Waals surface area contributed by atoms with Crippen LogP contribution in [0.4, 0.5) is 0 Å². The highest BCUT2D eigenvalue weighted by Crippen LogP contribution is 2.33. The van der Waals surface area contributed by atoms with E-state index in [2.05, 4.69) is 0 Å². The van der Waals surface area contributed by atoms with E-state index in [-0.39, 0.29) is 13.0 Å². The predicted octanol–water partition coefficient (Wildman–Crippen LogP) is 0.783. The van der Waals surface area contributed by atoms with Crippen molar-refractivity contribution in [3.05, 3.63) is 5.21 Å². The molecule has 2 atom stereocenters. The lowest BCUT2D eigenvalue weighted by Gasteiger charge is -2.23. The fourth-order valence-corrected chi connectivity index (χ4v) is 3.91. The number of thioether (sulfide) groups is 2. The molecule has 0 saturated heterocycles. The van der Waals surface area contributed by atoms with Crippen molar-refractivity contribution in [3.63, 3.8) is 0 Å². The average molecular weight is 312 g/mol. The van der Waals surface area contributed by atoms with Crippen LogP contribution in [-0.4, -0.2) is 43.1 Å². The first-order valence-corrected chi connectivity index (χ1v) is 7.31. The lowest BCUT2D eigenvalue weighted by atomic mass is 10.1. The summed E-state index contributed by atoms with van der Waals surface area (Å²) in [5.41, 5.74) is 0. The maximum Gasteiger partial charge on any atom is 0.303 e. The maximum absolute atomic E-state index is 10.5. The molecule has 18 heavy (non-hydrogen) atoms. The van der Waals surface area contributed by atoms with Crippen LogP contribution in [0.3, 0.4) is 0 Å². The van der Waals surface area contributed by atoms with Gasteiger partial charge in [0.05, 0.1) is 10.5 Å². The quantitative estimate of drug-likeness (QED) is 0.298. The number of carboxylic acids is 1. The topological polar surface area (TPSA) is 109 Å². The number of hydrogen-bond donors (Lipinski definition) is 4. The van der Waals surface area contributed by atoms with E-state index in [1.54, 1.807) is 6.92 Å². The van der Waals surface area contributed by atoms with Crippen LogP contribution < -0.4 is 5.23 Å². The minimum Gasteiger partial charge on any atom is -0.600 e. The van der Waals surface area contributed by atoms with Crippen LogP contribution in [0.15, 0.2) is 0 Å². The largest absolute Gasteiger partial charge is 0.600 e. The summed E-state index contributed by atoms with van der Waals surface area (Å²) in [6, 6.07) is 0. The van der Waals surface area contributed by atoms with Gasteiger partial charge in [0.1, 0.15) is 10.1 Å². The van der Waals surface area contributed by atoms with E-state index in [1.807, 2.05) is 0 Å². The molecule has 2 unspecified atom stereocenters. The molecule has 0 aliphatic carbocycles. The fourth-order valence-electron chi connectivity index (χ4n) is 0.949. The second-order valence-electron chi connectivity index (χ2n) is 3.70. The zero-order valence-corrected chi connectivity index (χ0v) is 12.3. The number of nitrogens with one attached hydrogen (secondary N) is 2. The number of hydroxylamine groups is 2. The number of carbonyl (C=O) groups is 1. The van der Waals surface area contributed by atoms with Crippen LogP contribution in [0, 0.1) is 10.6 Å². The molecular weight excluding hydrogens is 296 g/mol. The van der Waals surface area contributed by atoms with E-state index in [0.29, 0.717) is 15.7 Å². The molecule has 0 aromatic heterocycles. The van der Waals surface area contributed by atoms with Gasteiger partial charge in [-0.15, -0.1) is 11.8 Å². The smallest absolute Gasteiger partial charge is 0.303 e. The monoisotopic (exact) mass is 312 g/mol. The maximum atomic E-state index is 10.5. The summed E-state index contributed by atoms with van der Waals surface area (Å²) < 4.78 is -0.112. The van der Waals surface area contributed by atoms with E-state index in [9.17, 15) is 10.0 Å². The zero-order valence-electron chi connectivity index (χ0n) is 9.84. The van der Waals surface area contributed by atoms with Crippen molar-refractivity contribution in [2.24, 2.45) is 0 Å². The van der Waals surface area contributed by atoms with Gasteiger partial charge in [-0.05, 0) is 13.3 Å². The Labute approximate surface area is 119 Å². The average Bonchev–Trinajstić information content (AvgIpc) is 2.26. The van der Waals surface area contributed by atoms with Crippen molar-refractivity contribution in [2.75, 3.05) is 12.3 Å². The SMILES string of the molecule is CC(C=N)(CCC(=O)O)SC(=S)SCC[NH+]([O-])O. The molecule has 0 radical (unpaired) electrons. The summed E-state index contributed by atoms with van der Waals surface area (Å²) in [4.78, 5) is 10.5. The molecule has 0 heterocycles. The number of hydrogen-bond acceptors (Lipinski definition) is 7. The third-order valence-corrected chi connectivity index (χ3v) is 4.80. The van der Waals surface area contributed by atoms with Gasteiger partial charge in [0.25, 0.3) is 0 Å². The Morgan fingerprint density at radius 1 is 1.67 bits per heavy atom. The summed E-state index contributed by atoms with van der Waals surface area (Å²) in [6.45, 7) is 1.78. The van der Waals surface area contributed by atoms with E-state index in [1.165, 1.54) is 29.7 Å². The van der Waals surface area contributed by atoms with E-state index >= 15 is 0 Å². The molecule has 0 aliphatic heterocycles.